The Morgan fingerprint density at radius 3 is 2.12 bits per heavy atom. The predicted molar refractivity (Wildman–Crippen MR) is 90.4 cm³/mol. The number of carbonyl (C=O) groups excluding carboxylic acids is 3. The van der Waals surface area contributed by atoms with Crippen LogP contribution in [0.3, 0.4) is 0 Å². The summed E-state index contributed by atoms with van der Waals surface area (Å²) in [5.74, 6) is -1.59. The molecule has 2 unspecified atom stereocenters. The molecule has 0 spiro atoms. The summed E-state index contributed by atoms with van der Waals surface area (Å²) in [5.41, 5.74) is 0.636. The van der Waals surface area contributed by atoms with Crippen LogP contribution in [-0.2, 0) is 28.6 Å². The van der Waals surface area contributed by atoms with Crippen molar-refractivity contribution in [2.75, 3.05) is 21.3 Å². The number of hydrogen-bond acceptors (Lipinski definition) is 6. The third-order valence-electron chi connectivity index (χ3n) is 5.76. The van der Waals surface area contributed by atoms with E-state index in [1.807, 2.05) is 13.8 Å². The fourth-order valence-corrected chi connectivity index (χ4v) is 4.67. The zero-order chi connectivity index (χ0) is 19.0. The van der Waals surface area contributed by atoms with E-state index in [4.69, 9.17) is 14.2 Å². The number of rotatable bonds is 3. The van der Waals surface area contributed by atoms with E-state index >= 15 is 0 Å². The molecule has 0 aromatic carbocycles. The van der Waals surface area contributed by atoms with Gasteiger partial charge in [-0.1, -0.05) is 24.6 Å². The van der Waals surface area contributed by atoms with E-state index in [0.717, 1.165) is 11.1 Å². The van der Waals surface area contributed by atoms with Crippen LogP contribution in [0.2, 0.25) is 0 Å². The number of fused-ring (bicyclic) bond motifs is 1. The maximum atomic E-state index is 12.5. The first kappa shape index (κ1) is 19.2. The van der Waals surface area contributed by atoms with E-state index < -0.39 is 17.4 Å². The van der Waals surface area contributed by atoms with Crippen LogP contribution in [0.4, 0.5) is 0 Å². The van der Waals surface area contributed by atoms with Gasteiger partial charge in [-0.3, -0.25) is 9.59 Å². The molecule has 0 bridgehead atoms. The summed E-state index contributed by atoms with van der Waals surface area (Å²) in [6.07, 6.45) is 1.55. The Bertz CT molecular complexity index is 643. The van der Waals surface area contributed by atoms with E-state index in [2.05, 4.69) is 6.58 Å². The number of hydrogen-bond donors (Lipinski definition) is 0. The smallest absolute Gasteiger partial charge is 0.333 e. The second-order valence-corrected chi connectivity index (χ2v) is 7.42. The van der Waals surface area contributed by atoms with Crippen LogP contribution < -0.4 is 0 Å². The van der Waals surface area contributed by atoms with Gasteiger partial charge in [-0.25, -0.2) is 4.79 Å². The molecule has 1 fully saturated rings. The minimum atomic E-state index is -1.32. The summed E-state index contributed by atoms with van der Waals surface area (Å²) in [7, 11) is 3.91. The maximum Gasteiger partial charge on any atom is 0.333 e. The van der Waals surface area contributed by atoms with Crippen LogP contribution in [0.25, 0.3) is 0 Å². The van der Waals surface area contributed by atoms with Gasteiger partial charge in [0, 0.05) is 12.0 Å². The van der Waals surface area contributed by atoms with Gasteiger partial charge in [0.05, 0.1) is 21.3 Å². The van der Waals surface area contributed by atoms with Gasteiger partial charge >= 0.3 is 17.9 Å². The normalized spacial score (nSPS) is 28.0. The zero-order valence-electron chi connectivity index (χ0n) is 15.6. The Morgan fingerprint density at radius 1 is 1.08 bits per heavy atom. The quantitative estimate of drug-likeness (QED) is 0.337. The van der Waals surface area contributed by atoms with Crippen molar-refractivity contribution < 1.29 is 28.6 Å². The average Bonchev–Trinajstić information content (AvgIpc) is 2.87. The lowest BCUT2D eigenvalue weighted by Crippen LogP contribution is -2.40. The molecule has 0 aromatic heterocycles. The van der Waals surface area contributed by atoms with Gasteiger partial charge in [0.15, 0.2) is 5.41 Å². The highest BCUT2D eigenvalue weighted by Gasteiger charge is 2.62. The van der Waals surface area contributed by atoms with Crippen molar-refractivity contribution in [1.29, 1.82) is 0 Å². The molecular formula is C19H26O6. The maximum absolute atomic E-state index is 12.5. The van der Waals surface area contributed by atoms with E-state index in [1.54, 1.807) is 0 Å². The van der Waals surface area contributed by atoms with E-state index in [9.17, 15) is 14.4 Å². The van der Waals surface area contributed by atoms with Gasteiger partial charge < -0.3 is 14.2 Å². The third kappa shape index (κ3) is 2.98. The van der Waals surface area contributed by atoms with Crippen LogP contribution in [0.15, 0.2) is 23.3 Å². The number of ether oxygens (including phenoxy) is 3. The first-order chi connectivity index (χ1) is 11.6. The molecule has 1 saturated carbocycles. The molecule has 0 radical (unpaired) electrons. The van der Waals surface area contributed by atoms with Gasteiger partial charge in [-0.2, -0.15) is 0 Å². The molecule has 0 amide bonds. The lowest BCUT2D eigenvalue weighted by Gasteiger charge is -2.31. The van der Waals surface area contributed by atoms with Crippen molar-refractivity contribution in [2.24, 2.45) is 16.7 Å². The molecule has 0 aromatic rings. The fraction of sp³-hybridized carbons (Fsp3) is 0.632. The highest BCUT2D eigenvalue weighted by molar-refractivity contribution is 6.00. The third-order valence-corrected chi connectivity index (χ3v) is 5.76. The molecule has 0 saturated heterocycles. The summed E-state index contributed by atoms with van der Waals surface area (Å²) in [5, 5.41) is 0. The van der Waals surface area contributed by atoms with Crippen molar-refractivity contribution in [2.45, 2.75) is 39.5 Å². The second kappa shape index (κ2) is 6.65. The van der Waals surface area contributed by atoms with Crippen molar-refractivity contribution in [3.63, 3.8) is 0 Å². The molecule has 0 N–H and O–H groups in total. The molecule has 2 aliphatic carbocycles. The minimum absolute atomic E-state index is 0.0946. The van der Waals surface area contributed by atoms with Crippen molar-refractivity contribution >= 4 is 17.9 Å². The Hall–Kier alpha value is -2.11. The predicted octanol–water partition coefficient (Wildman–Crippen LogP) is 2.57. The SMILES string of the molecule is C=C1CC(C(=O)OC)=C(C)CC2(C)CC(C(=O)OC)(C(=O)OC)CC12. The van der Waals surface area contributed by atoms with Gasteiger partial charge in [-0.15, -0.1) is 0 Å². The molecule has 2 rings (SSSR count). The van der Waals surface area contributed by atoms with Gasteiger partial charge in [0.2, 0.25) is 0 Å². The summed E-state index contributed by atoms with van der Waals surface area (Å²) in [4.78, 5) is 37.0. The molecule has 2 atom stereocenters. The first-order valence-electron chi connectivity index (χ1n) is 8.26. The van der Waals surface area contributed by atoms with Crippen LogP contribution in [-0.4, -0.2) is 39.2 Å². The average molecular weight is 350 g/mol. The van der Waals surface area contributed by atoms with E-state index in [-0.39, 0.29) is 23.7 Å². The van der Waals surface area contributed by atoms with E-state index in [0.29, 0.717) is 24.8 Å². The molecule has 6 heteroatoms. The Kier molecular flexibility index (Phi) is 5.11. The summed E-state index contributed by atoms with van der Waals surface area (Å²) in [6, 6.07) is 0. The highest BCUT2D eigenvalue weighted by atomic mass is 16.5. The monoisotopic (exact) mass is 350 g/mol. The Labute approximate surface area is 148 Å². The highest BCUT2D eigenvalue weighted by Crippen LogP contribution is 2.61. The largest absolute Gasteiger partial charge is 0.468 e. The summed E-state index contributed by atoms with van der Waals surface area (Å²) in [6.45, 7) is 8.07. The van der Waals surface area contributed by atoms with Crippen molar-refractivity contribution in [1.82, 2.24) is 0 Å². The lowest BCUT2D eigenvalue weighted by molar-refractivity contribution is -0.169. The molecule has 2 aliphatic rings. The van der Waals surface area contributed by atoms with Crippen molar-refractivity contribution in [3.8, 4) is 0 Å². The van der Waals surface area contributed by atoms with Gasteiger partial charge in [-0.05, 0) is 37.5 Å². The molecular weight excluding hydrogens is 324 g/mol. The second-order valence-electron chi connectivity index (χ2n) is 7.42. The Balaban J connectivity index is 2.49. The molecule has 0 heterocycles. The number of esters is 3. The zero-order valence-corrected chi connectivity index (χ0v) is 15.6. The number of carbonyl (C=O) groups is 3. The summed E-state index contributed by atoms with van der Waals surface area (Å²) < 4.78 is 14.7. The summed E-state index contributed by atoms with van der Waals surface area (Å²) >= 11 is 0. The van der Waals surface area contributed by atoms with Gasteiger partial charge in [0.1, 0.15) is 0 Å². The first-order valence-corrected chi connectivity index (χ1v) is 8.26. The van der Waals surface area contributed by atoms with Crippen LogP contribution in [0, 0.1) is 16.7 Å². The number of methoxy groups -OCH3 is 3. The van der Waals surface area contributed by atoms with Crippen molar-refractivity contribution in [3.05, 3.63) is 23.3 Å². The molecule has 138 valence electrons. The number of allylic oxidation sites excluding steroid dienone is 2. The molecule has 0 aliphatic heterocycles. The van der Waals surface area contributed by atoms with Crippen LogP contribution in [0.1, 0.15) is 39.5 Å². The Morgan fingerprint density at radius 2 is 1.64 bits per heavy atom. The molecule has 6 nitrogen and oxygen atoms in total. The van der Waals surface area contributed by atoms with Crippen LogP contribution >= 0.6 is 0 Å². The fourth-order valence-electron chi connectivity index (χ4n) is 4.67. The lowest BCUT2D eigenvalue weighted by atomic mass is 9.73. The minimum Gasteiger partial charge on any atom is -0.468 e. The van der Waals surface area contributed by atoms with Gasteiger partial charge in [0.25, 0.3) is 0 Å². The standard InChI is InChI=1S/C19H26O6/c1-11-7-13(15(20)23-4)12(2)8-18(3)10-19(9-14(11)18,16(21)24-5)17(22)25-6/h14H,1,7-10H2,2-6H3. The topological polar surface area (TPSA) is 78.9 Å². The van der Waals surface area contributed by atoms with Crippen LogP contribution in [0.5, 0.6) is 0 Å². The van der Waals surface area contributed by atoms with E-state index in [1.165, 1.54) is 21.3 Å². The molecule has 25 heavy (non-hydrogen) atoms.